The summed E-state index contributed by atoms with van der Waals surface area (Å²) in [6.45, 7) is 1.84. The maximum atomic E-state index is 13.1. The molecule has 1 saturated heterocycles. The van der Waals surface area contributed by atoms with E-state index in [9.17, 15) is 18.0 Å². The number of nitrogens with zero attached hydrogens (tertiary/aromatic N) is 1. The molecule has 1 N–H and O–H groups in total. The molecule has 1 atom stereocenters. The van der Waals surface area contributed by atoms with Crippen LogP contribution in [0.2, 0.25) is 0 Å². The van der Waals surface area contributed by atoms with E-state index in [-0.39, 0.29) is 17.7 Å². The van der Waals surface area contributed by atoms with Crippen LogP contribution in [-0.4, -0.2) is 30.6 Å². The number of sulfonamides is 1. The van der Waals surface area contributed by atoms with Crippen LogP contribution in [0.5, 0.6) is 11.5 Å². The van der Waals surface area contributed by atoms with Gasteiger partial charge in [0.15, 0.2) is 0 Å². The molecule has 0 aliphatic carbocycles. The second kappa shape index (κ2) is 8.84. The van der Waals surface area contributed by atoms with Crippen molar-refractivity contribution < 1.29 is 22.7 Å². The fourth-order valence-electron chi connectivity index (χ4n) is 3.48. The van der Waals surface area contributed by atoms with Gasteiger partial charge in [-0.05, 0) is 61.9 Å². The van der Waals surface area contributed by atoms with Gasteiger partial charge in [-0.1, -0.05) is 35.9 Å². The predicted molar refractivity (Wildman–Crippen MR) is 120 cm³/mol. The van der Waals surface area contributed by atoms with E-state index in [1.54, 1.807) is 36.4 Å². The minimum atomic E-state index is -4.13. The van der Waals surface area contributed by atoms with Crippen LogP contribution in [0.3, 0.4) is 0 Å². The summed E-state index contributed by atoms with van der Waals surface area (Å²) in [6.07, 6.45) is 0.123. The van der Waals surface area contributed by atoms with Crippen molar-refractivity contribution in [3.8, 4) is 11.5 Å². The van der Waals surface area contributed by atoms with Crippen molar-refractivity contribution in [3.63, 3.8) is 0 Å². The standard InChI is InChI=1S/C24H22N2O5S/c1-17-7-13-21(14-8-17)32(29,30)26-22(15-16-23(26)27)24(28)25-18-9-11-20(12-10-18)31-19-5-3-2-4-6-19/h2-14,22H,15-16H2,1H3,(H,25,28). The van der Waals surface area contributed by atoms with Crippen LogP contribution in [0.1, 0.15) is 18.4 Å². The molecule has 0 saturated carbocycles. The Hall–Kier alpha value is -3.65. The molecule has 0 bridgehead atoms. The summed E-state index contributed by atoms with van der Waals surface area (Å²) >= 11 is 0. The van der Waals surface area contributed by atoms with Crippen molar-refractivity contribution in [2.75, 3.05) is 5.32 Å². The highest BCUT2D eigenvalue weighted by atomic mass is 32.2. The van der Waals surface area contributed by atoms with Crippen molar-refractivity contribution >= 4 is 27.5 Å². The number of hydrogen-bond acceptors (Lipinski definition) is 5. The van der Waals surface area contributed by atoms with E-state index >= 15 is 0 Å². The first-order chi connectivity index (χ1) is 15.3. The number of para-hydroxylation sites is 1. The number of rotatable bonds is 6. The summed E-state index contributed by atoms with van der Waals surface area (Å²) in [7, 11) is -4.13. The molecule has 1 aliphatic heterocycles. The first kappa shape index (κ1) is 21.6. The van der Waals surface area contributed by atoms with Gasteiger partial charge in [-0.15, -0.1) is 0 Å². The van der Waals surface area contributed by atoms with Crippen LogP contribution in [0.25, 0.3) is 0 Å². The molecule has 8 heteroatoms. The van der Waals surface area contributed by atoms with Crippen molar-refractivity contribution in [3.05, 3.63) is 84.4 Å². The second-order valence-electron chi connectivity index (χ2n) is 7.49. The molecule has 1 unspecified atom stereocenters. The summed E-state index contributed by atoms with van der Waals surface area (Å²) in [4.78, 5) is 25.3. The molecule has 3 aromatic rings. The molecule has 1 fully saturated rings. The van der Waals surface area contributed by atoms with Gasteiger partial charge in [0.2, 0.25) is 11.8 Å². The Morgan fingerprint density at radius 2 is 1.56 bits per heavy atom. The zero-order valence-electron chi connectivity index (χ0n) is 17.4. The van der Waals surface area contributed by atoms with Gasteiger partial charge >= 0.3 is 0 Å². The SMILES string of the molecule is Cc1ccc(S(=O)(=O)N2C(=O)CCC2C(=O)Nc2ccc(Oc3ccccc3)cc2)cc1. The van der Waals surface area contributed by atoms with Crippen molar-refractivity contribution in [1.82, 2.24) is 4.31 Å². The zero-order valence-corrected chi connectivity index (χ0v) is 18.2. The average Bonchev–Trinajstić information content (AvgIpc) is 3.18. The minimum Gasteiger partial charge on any atom is -0.457 e. The molecule has 1 heterocycles. The third kappa shape index (κ3) is 4.50. The highest BCUT2D eigenvalue weighted by Crippen LogP contribution is 2.29. The number of nitrogens with one attached hydrogen (secondary N) is 1. The smallest absolute Gasteiger partial charge is 0.267 e. The fraction of sp³-hybridized carbons (Fsp3) is 0.167. The normalized spacial score (nSPS) is 16.1. The van der Waals surface area contributed by atoms with E-state index < -0.39 is 27.9 Å². The lowest BCUT2D eigenvalue weighted by Gasteiger charge is -2.23. The molecule has 1 aliphatic rings. The number of amides is 2. The van der Waals surface area contributed by atoms with E-state index in [1.165, 1.54) is 12.1 Å². The van der Waals surface area contributed by atoms with Crippen LogP contribution >= 0.6 is 0 Å². The number of carbonyl (C=O) groups excluding carboxylic acids is 2. The van der Waals surface area contributed by atoms with Gasteiger partial charge in [-0.25, -0.2) is 12.7 Å². The van der Waals surface area contributed by atoms with Gasteiger partial charge in [0.05, 0.1) is 4.90 Å². The molecule has 0 aromatic heterocycles. The van der Waals surface area contributed by atoms with Gasteiger partial charge in [0.1, 0.15) is 17.5 Å². The number of hydrogen-bond donors (Lipinski definition) is 1. The lowest BCUT2D eigenvalue weighted by Crippen LogP contribution is -2.45. The third-order valence-corrected chi connectivity index (χ3v) is 6.99. The highest BCUT2D eigenvalue weighted by Gasteiger charge is 2.44. The Labute approximate surface area is 186 Å². The number of anilines is 1. The molecule has 7 nitrogen and oxygen atoms in total. The zero-order chi connectivity index (χ0) is 22.7. The molecule has 164 valence electrons. The average molecular weight is 451 g/mol. The third-order valence-electron chi connectivity index (χ3n) is 5.14. The van der Waals surface area contributed by atoms with Crippen LogP contribution in [0.4, 0.5) is 5.69 Å². The van der Waals surface area contributed by atoms with E-state index in [0.717, 1.165) is 5.56 Å². The molecule has 0 spiro atoms. The molecular formula is C24H22N2O5S. The number of ether oxygens (including phenoxy) is 1. The van der Waals surface area contributed by atoms with Crippen LogP contribution in [0.15, 0.2) is 83.8 Å². The Morgan fingerprint density at radius 1 is 0.938 bits per heavy atom. The van der Waals surface area contributed by atoms with Crippen LogP contribution < -0.4 is 10.1 Å². The maximum Gasteiger partial charge on any atom is 0.267 e. The van der Waals surface area contributed by atoms with Crippen LogP contribution in [0, 0.1) is 6.92 Å². The van der Waals surface area contributed by atoms with E-state index in [2.05, 4.69) is 5.32 Å². The maximum absolute atomic E-state index is 13.1. The van der Waals surface area contributed by atoms with Gasteiger partial charge in [0.25, 0.3) is 10.0 Å². The number of carbonyl (C=O) groups is 2. The molecule has 3 aromatic carbocycles. The topological polar surface area (TPSA) is 92.8 Å². The Bertz CT molecular complexity index is 1220. The molecule has 0 radical (unpaired) electrons. The van der Waals surface area contributed by atoms with E-state index in [0.29, 0.717) is 21.5 Å². The van der Waals surface area contributed by atoms with Crippen molar-refractivity contribution in [2.45, 2.75) is 30.7 Å². The number of aryl methyl sites for hydroxylation is 1. The summed E-state index contributed by atoms with van der Waals surface area (Å²) in [5, 5.41) is 2.71. The molecule has 2 amide bonds. The highest BCUT2D eigenvalue weighted by molar-refractivity contribution is 7.89. The lowest BCUT2D eigenvalue weighted by molar-refractivity contribution is -0.128. The van der Waals surface area contributed by atoms with Gasteiger partial charge in [-0.2, -0.15) is 0 Å². The van der Waals surface area contributed by atoms with Crippen molar-refractivity contribution in [1.29, 1.82) is 0 Å². The summed E-state index contributed by atoms with van der Waals surface area (Å²) < 4.78 is 32.5. The predicted octanol–water partition coefficient (Wildman–Crippen LogP) is 4.11. The largest absolute Gasteiger partial charge is 0.457 e. The Morgan fingerprint density at radius 3 is 2.22 bits per heavy atom. The summed E-state index contributed by atoms with van der Waals surface area (Å²) in [6, 6.07) is 21.1. The van der Waals surface area contributed by atoms with Gasteiger partial charge in [0, 0.05) is 12.1 Å². The second-order valence-corrected chi connectivity index (χ2v) is 9.31. The molecule has 4 rings (SSSR count). The minimum absolute atomic E-state index is 0.00691. The van der Waals surface area contributed by atoms with Crippen LogP contribution in [-0.2, 0) is 19.6 Å². The first-order valence-electron chi connectivity index (χ1n) is 10.1. The summed E-state index contributed by atoms with van der Waals surface area (Å²) in [5.74, 6) is 0.139. The summed E-state index contributed by atoms with van der Waals surface area (Å²) in [5.41, 5.74) is 1.37. The Kier molecular flexibility index (Phi) is 5.96. The lowest BCUT2D eigenvalue weighted by atomic mass is 10.2. The Balaban J connectivity index is 1.48. The van der Waals surface area contributed by atoms with Gasteiger partial charge in [-0.3, -0.25) is 9.59 Å². The monoisotopic (exact) mass is 450 g/mol. The molecule has 32 heavy (non-hydrogen) atoms. The van der Waals surface area contributed by atoms with E-state index in [4.69, 9.17) is 4.74 Å². The fourth-order valence-corrected chi connectivity index (χ4v) is 5.08. The molecular weight excluding hydrogens is 428 g/mol. The number of benzene rings is 3. The first-order valence-corrected chi connectivity index (χ1v) is 11.6. The quantitative estimate of drug-likeness (QED) is 0.610. The van der Waals surface area contributed by atoms with Crippen molar-refractivity contribution in [2.24, 2.45) is 0 Å². The van der Waals surface area contributed by atoms with Gasteiger partial charge < -0.3 is 10.1 Å². The van der Waals surface area contributed by atoms with E-state index in [1.807, 2.05) is 37.3 Å².